The van der Waals surface area contributed by atoms with Crippen LogP contribution in [-0.2, 0) is 19.2 Å². The molecule has 0 radical (unpaired) electrons. The summed E-state index contributed by atoms with van der Waals surface area (Å²) in [5.41, 5.74) is 1.49. The minimum Gasteiger partial charge on any atom is -0.508 e. The number of ether oxygens (including phenoxy) is 1. The smallest absolute Gasteiger partial charge is 0.305 e. The van der Waals surface area contributed by atoms with E-state index in [0.29, 0.717) is 11.4 Å². The molecule has 1 aromatic heterocycles. The summed E-state index contributed by atoms with van der Waals surface area (Å²) in [5.74, 6) is -2.50. The first kappa shape index (κ1) is 27.7. The van der Waals surface area contributed by atoms with Gasteiger partial charge in [0, 0.05) is 28.3 Å². The Kier molecular flexibility index (Phi) is 6.81. The maximum absolute atomic E-state index is 13.5. The molecule has 4 aliphatic rings. The Morgan fingerprint density at radius 2 is 1.70 bits per heavy atom. The lowest BCUT2D eigenvalue weighted by atomic mass is 9.68. The number of nitrogens with zero attached hydrogens (tertiary/aromatic N) is 1. The fourth-order valence-electron chi connectivity index (χ4n) is 7.54. The number of carbonyl (C=O) groups excluding carboxylic acids is 3. The van der Waals surface area contributed by atoms with Gasteiger partial charge in [-0.1, -0.05) is 23.5 Å². The summed E-state index contributed by atoms with van der Waals surface area (Å²) in [6.45, 7) is -0.323. The van der Waals surface area contributed by atoms with Gasteiger partial charge in [-0.3, -0.25) is 28.9 Å². The number of likely N-dealkylation sites (tertiary alicyclic amines) is 1. The molecule has 2 aromatic carbocycles. The molecule has 2 aliphatic carbocycles. The number of carbonyl (C=O) groups is 4. The van der Waals surface area contributed by atoms with Crippen LogP contribution in [0.2, 0.25) is 0 Å². The quantitative estimate of drug-likeness (QED) is 0.218. The summed E-state index contributed by atoms with van der Waals surface area (Å²) >= 11 is 2.76. The maximum atomic E-state index is 13.5. The van der Waals surface area contributed by atoms with E-state index in [2.05, 4.69) is 10.3 Å². The number of carboxylic acid groups (broad SMARTS) is 1. The van der Waals surface area contributed by atoms with E-state index in [0.717, 1.165) is 26.8 Å². The molecule has 3 aromatic rings. The predicted octanol–water partition coefficient (Wildman–Crippen LogP) is 3.11. The average molecular weight is 622 g/mol. The van der Waals surface area contributed by atoms with Crippen LogP contribution in [0.25, 0.3) is 0 Å². The highest BCUT2D eigenvalue weighted by molar-refractivity contribution is 8.00. The van der Waals surface area contributed by atoms with E-state index in [1.165, 1.54) is 23.5 Å². The van der Waals surface area contributed by atoms with Crippen molar-refractivity contribution in [1.82, 2.24) is 9.88 Å². The van der Waals surface area contributed by atoms with Gasteiger partial charge < -0.3 is 25.3 Å². The number of aromatic amines is 1. The molecule has 0 spiro atoms. The lowest BCUT2D eigenvalue weighted by Gasteiger charge is -2.43. The SMILES string of the molecule is O=C(O)CCN1C(=O)C2C3CC(C2C1=O)C1C3Sc2[nH]c(=O)sc2[C@@H]1c1ccc(OCC(=O)Nc2ccc(O)cc2)cc1. The van der Waals surface area contributed by atoms with Crippen LogP contribution in [-0.4, -0.2) is 62.2 Å². The van der Waals surface area contributed by atoms with E-state index in [-0.39, 0.29) is 76.8 Å². The molecule has 7 atom stereocenters. The molecule has 43 heavy (non-hydrogen) atoms. The van der Waals surface area contributed by atoms with Crippen LogP contribution >= 0.6 is 23.1 Å². The van der Waals surface area contributed by atoms with Gasteiger partial charge >= 0.3 is 10.8 Å². The molecular weight excluding hydrogens is 594 g/mol. The van der Waals surface area contributed by atoms with Crippen molar-refractivity contribution < 1.29 is 34.1 Å². The molecule has 3 fully saturated rings. The second-order valence-corrected chi connectivity index (χ2v) is 13.6. The highest BCUT2D eigenvalue weighted by Gasteiger charge is 2.69. The number of thiazole rings is 1. The number of aromatic hydroxyl groups is 1. The zero-order chi connectivity index (χ0) is 30.0. The van der Waals surface area contributed by atoms with Crippen molar-refractivity contribution in [2.24, 2.45) is 29.6 Å². The minimum atomic E-state index is -1.05. The van der Waals surface area contributed by atoms with Crippen molar-refractivity contribution in [2.45, 2.75) is 29.0 Å². The molecule has 2 aliphatic heterocycles. The van der Waals surface area contributed by atoms with Crippen LogP contribution in [0.5, 0.6) is 11.5 Å². The number of carboxylic acids is 1. The molecule has 3 amide bonds. The lowest BCUT2D eigenvalue weighted by Crippen LogP contribution is -2.42. The number of H-pyrrole nitrogens is 1. The predicted molar refractivity (Wildman–Crippen MR) is 156 cm³/mol. The number of rotatable bonds is 8. The minimum absolute atomic E-state index is 0.0224. The van der Waals surface area contributed by atoms with Gasteiger partial charge in [-0.15, -0.1) is 11.8 Å². The number of fused-ring (bicyclic) bond motifs is 9. The summed E-state index contributed by atoms with van der Waals surface area (Å²) in [5, 5.41) is 22.1. The van der Waals surface area contributed by atoms with Gasteiger partial charge in [0.05, 0.1) is 23.3 Å². The number of thioether (sulfide) groups is 1. The second-order valence-electron chi connectivity index (χ2n) is 11.4. The Balaban J connectivity index is 1.12. The van der Waals surface area contributed by atoms with Crippen LogP contribution in [0.1, 0.15) is 29.2 Å². The van der Waals surface area contributed by atoms with Crippen molar-refractivity contribution in [2.75, 3.05) is 18.5 Å². The molecule has 2 bridgehead atoms. The standard InChI is InChI=1S/C30H27N3O8S2/c34-15-5-3-14(4-6-15)31-19(35)12-41-16-7-1-13(2-8-16)21-22-17-11-18(25(22)42-27-26(21)43-30(40)32-27)24-23(17)28(38)33(29(24)39)10-9-20(36)37/h1-8,17-18,21-25,34H,9-12H2,(H,31,35)(H,32,40)(H,36,37)/t17?,18?,21-,22?,23?,24?,25?/m1/s1. The number of anilines is 1. The Labute approximate surface area is 253 Å². The number of nitrogens with one attached hydrogen (secondary N) is 2. The molecule has 1 saturated heterocycles. The van der Waals surface area contributed by atoms with E-state index in [4.69, 9.17) is 9.84 Å². The number of amides is 3. The van der Waals surface area contributed by atoms with Crippen molar-refractivity contribution in [3.8, 4) is 11.5 Å². The van der Waals surface area contributed by atoms with Crippen LogP contribution in [0.15, 0.2) is 58.4 Å². The van der Waals surface area contributed by atoms with Gasteiger partial charge in [-0.25, -0.2) is 0 Å². The number of phenols is 1. The van der Waals surface area contributed by atoms with E-state index in [1.54, 1.807) is 36.0 Å². The Morgan fingerprint density at radius 3 is 2.40 bits per heavy atom. The summed E-state index contributed by atoms with van der Waals surface area (Å²) < 4.78 is 5.70. The maximum Gasteiger partial charge on any atom is 0.305 e. The van der Waals surface area contributed by atoms with Crippen molar-refractivity contribution in [3.05, 3.63) is 68.6 Å². The zero-order valence-corrected chi connectivity index (χ0v) is 24.2. The third kappa shape index (κ3) is 4.70. The molecule has 7 rings (SSSR count). The molecule has 222 valence electrons. The first-order valence-electron chi connectivity index (χ1n) is 14.0. The normalized spacial score (nSPS) is 28.4. The van der Waals surface area contributed by atoms with E-state index in [1.807, 2.05) is 12.1 Å². The van der Waals surface area contributed by atoms with E-state index in [9.17, 15) is 29.1 Å². The first-order chi connectivity index (χ1) is 20.7. The summed E-state index contributed by atoms with van der Waals surface area (Å²) in [6.07, 6.45) is 0.469. The number of imide groups is 1. The molecule has 6 unspecified atom stereocenters. The largest absolute Gasteiger partial charge is 0.508 e. The summed E-state index contributed by atoms with van der Waals surface area (Å²) in [7, 11) is 0. The first-order valence-corrected chi connectivity index (χ1v) is 15.7. The summed E-state index contributed by atoms with van der Waals surface area (Å²) in [6, 6.07) is 13.5. The Hall–Kier alpha value is -4.10. The molecule has 2 saturated carbocycles. The molecule has 3 heterocycles. The topological polar surface area (TPSA) is 166 Å². The fourth-order valence-corrected chi connectivity index (χ4v) is 10.4. The highest BCUT2D eigenvalue weighted by Crippen LogP contribution is 2.68. The van der Waals surface area contributed by atoms with Gasteiger partial charge in [-0.05, 0) is 66.1 Å². The van der Waals surface area contributed by atoms with Crippen molar-refractivity contribution in [3.63, 3.8) is 0 Å². The zero-order valence-electron chi connectivity index (χ0n) is 22.6. The van der Waals surface area contributed by atoms with Gasteiger partial charge in [0.15, 0.2) is 6.61 Å². The van der Waals surface area contributed by atoms with Crippen LogP contribution in [0.4, 0.5) is 5.69 Å². The van der Waals surface area contributed by atoms with Crippen LogP contribution in [0.3, 0.4) is 0 Å². The van der Waals surface area contributed by atoms with E-state index >= 15 is 0 Å². The Morgan fingerprint density at radius 1 is 1.00 bits per heavy atom. The van der Waals surface area contributed by atoms with Crippen LogP contribution < -0.4 is 14.9 Å². The monoisotopic (exact) mass is 621 g/mol. The number of aliphatic carboxylic acids is 1. The van der Waals surface area contributed by atoms with Crippen molar-refractivity contribution >= 4 is 52.5 Å². The molecule has 11 nitrogen and oxygen atoms in total. The highest BCUT2D eigenvalue weighted by atomic mass is 32.2. The number of hydrogen-bond donors (Lipinski definition) is 4. The number of aromatic nitrogens is 1. The van der Waals surface area contributed by atoms with Gasteiger partial charge in [0.2, 0.25) is 11.8 Å². The number of phenolic OH excluding ortho intramolecular Hbond substituents is 1. The van der Waals surface area contributed by atoms with Gasteiger partial charge in [0.25, 0.3) is 5.91 Å². The van der Waals surface area contributed by atoms with Gasteiger partial charge in [0.1, 0.15) is 11.5 Å². The third-order valence-electron chi connectivity index (χ3n) is 9.12. The lowest BCUT2D eigenvalue weighted by molar-refractivity contribution is -0.142. The second kappa shape index (κ2) is 10.6. The Bertz CT molecular complexity index is 1680. The molecule has 13 heteroatoms. The third-order valence-corrected chi connectivity index (χ3v) is 11.7. The molecular formula is C30H27N3O8S2. The van der Waals surface area contributed by atoms with Crippen molar-refractivity contribution in [1.29, 1.82) is 0 Å². The number of hydrogen-bond acceptors (Lipinski definition) is 9. The molecule has 4 N–H and O–H groups in total. The number of benzene rings is 2. The van der Waals surface area contributed by atoms with Gasteiger partial charge in [-0.2, -0.15) is 0 Å². The average Bonchev–Trinajstić information content (AvgIpc) is 3.71. The fraction of sp³-hybridized carbons (Fsp3) is 0.367. The van der Waals surface area contributed by atoms with E-state index < -0.39 is 17.8 Å². The van der Waals surface area contributed by atoms with Crippen LogP contribution in [0, 0.1) is 29.6 Å². The summed E-state index contributed by atoms with van der Waals surface area (Å²) in [4.78, 5) is 67.7.